The van der Waals surface area contributed by atoms with Crippen LogP contribution in [0.4, 0.5) is 5.69 Å². The molecule has 0 saturated heterocycles. The molecule has 19 heavy (non-hydrogen) atoms. The third kappa shape index (κ3) is 2.79. The molecule has 1 amide bonds. The molecule has 2 aromatic rings. The maximum atomic E-state index is 12.3. The molecule has 5 heteroatoms. The van der Waals surface area contributed by atoms with Crippen LogP contribution >= 0.6 is 34.2 Å². The molecule has 1 N–H and O–H groups in total. The minimum atomic E-state index is -0.0721. The third-order valence-electron chi connectivity index (χ3n) is 3.13. The summed E-state index contributed by atoms with van der Waals surface area (Å²) in [5, 5.41) is 3.61. The van der Waals surface area contributed by atoms with Crippen LogP contribution in [-0.2, 0) is 0 Å². The molecular weight excluding hydrogens is 375 g/mol. The van der Waals surface area contributed by atoms with Crippen LogP contribution in [0.3, 0.4) is 0 Å². The molecule has 0 spiro atoms. The van der Waals surface area contributed by atoms with E-state index < -0.39 is 0 Å². The van der Waals surface area contributed by atoms with Gasteiger partial charge in [-0.25, -0.2) is 0 Å². The van der Waals surface area contributed by atoms with Crippen LogP contribution in [0.15, 0.2) is 36.5 Å². The van der Waals surface area contributed by atoms with Crippen molar-refractivity contribution in [2.24, 2.45) is 0 Å². The van der Waals surface area contributed by atoms with E-state index in [4.69, 9.17) is 11.6 Å². The quantitative estimate of drug-likeness (QED) is 0.783. The van der Waals surface area contributed by atoms with Gasteiger partial charge in [0.1, 0.15) is 5.69 Å². The number of benzene rings is 1. The largest absolute Gasteiger partial charge is 0.340 e. The molecule has 1 aliphatic rings. The summed E-state index contributed by atoms with van der Waals surface area (Å²) in [6.45, 7) is 0. The molecule has 1 aliphatic carbocycles. The molecule has 1 aromatic carbocycles. The minimum Gasteiger partial charge on any atom is -0.340 e. The normalized spacial score (nSPS) is 14.4. The Kier molecular flexibility index (Phi) is 3.54. The van der Waals surface area contributed by atoms with E-state index in [2.05, 4.69) is 32.5 Å². The van der Waals surface area contributed by atoms with Crippen molar-refractivity contribution >= 4 is 45.8 Å². The average Bonchev–Trinajstić information content (AvgIpc) is 3.10. The number of carbonyl (C=O) groups is 1. The Bertz CT molecular complexity index is 634. The average molecular weight is 387 g/mol. The zero-order valence-electron chi connectivity index (χ0n) is 10.1. The Morgan fingerprint density at radius 2 is 2.16 bits per heavy atom. The SMILES string of the molecule is O=C(Nc1ccc(Cl)cc1I)c1cccn1C1CC1. The van der Waals surface area contributed by atoms with Gasteiger partial charge in [0.05, 0.1) is 5.69 Å². The molecule has 1 fully saturated rings. The smallest absolute Gasteiger partial charge is 0.272 e. The summed E-state index contributed by atoms with van der Waals surface area (Å²) in [5.41, 5.74) is 1.51. The Hall–Kier alpha value is -1.01. The lowest BCUT2D eigenvalue weighted by Crippen LogP contribution is -2.16. The molecule has 1 heterocycles. The van der Waals surface area contributed by atoms with Gasteiger partial charge in [-0.3, -0.25) is 4.79 Å². The number of amides is 1. The Morgan fingerprint density at radius 3 is 2.84 bits per heavy atom. The van der Waals surface area contributed by atoms with Crippen LogP contribution < -0.4 is 5.32 Å². The second kappa shape index (κ2) is 5.17. The van der Waals surface area contributed by atoms with Crippen molar-refractivity contribution in [3.63, 3.8) is 0 Å². The molecule has 0 radical (unpaired) electrons. The number of halogens is 2. The number of anilines is 1. The maximum Gasteiger partial charge on any atom is 0.272 e. The third-order valence-corrected chi connectivity index (χ3v) is 4.26. The highest BCUT2D eigenvalue weighted by Crippen LogP contribution is 2.36. The van der Waals surface area contributed by atoms with E-state index in [-0.39, 0.29) is 5.91 Å². The van der Waals surface area contributed by atoms with Crippen molar-refractivity contribution in [3.8, 4) is 0 Å². The van der Waals surface area contributed by atoms with Crippen LogP contribution in [0.1, 0.15) is 29.4 Å². The van der Waals surface area contributed by atoms with Gasteiger partial charge < -0.3 is 9.88 Å². The van der Waals surface area contributed by atoms with Gasteiger partial charge in [-0.2, -0.15) is 0 Å². The van der Waals surface area contributed by atoms with E-state index in [0.717, 1.165) is 22.1 Å². The van der Waals surface area contributed by atoms with Gasteiger partial charge >= 0.3 is 0 Å². The van der Waals surface area contributed by atoms with Crippen LogP contribution in [0.5, 0.6) is 0 Å². The van der Waals surface area contributed by atoms with Crippen molar-refractivity contribution in [1.29, 1.82) is 0 Å². The Labute approximate surface area is 130 Å². The Morgan fingerprint density at radius 1 is 1.37 bits per heavy atom. The number of rotatable bonds is 3. The lowest BCUT2D eigenvalue weighted by molar-refractivity contribution is 0.101. The molecule has 0 bridgehead atoms. The summed E-state index contributed by atoms with van der Waals surface area (Å²) in [6, 6.07) is 9.71. The fourth-order valence-corrected chi connectivity index (χ4v) is 3.04. The first kappa shape index (κ1) is 13.0. The lowest BCUT2D eigenvalue weighted by Gasteiger charge is -2.10. The zero-order chi connectivity index (χ0) is 13.4. The van der Waals surface area contributed by atoms with Crippen molar-refractivity contribution in [2.45, 2.75) is 18.9 Å². The molecule has 0 aliphatic heterocycles. The van der Waals surface area contributed by atoms with E-state index in [1.165, 1.54) is 0 Å². The number of nitrogens with zero attached hydrogens (tertiary/aromatic N) is 1. The highest BCUT2D eigenvalue weighted by atomic mass is 127. The lowest BCUT2D eigenvalue weighted by atomic mass is 10.3. The van der Waals surface area contributed by atoms with E-state index in [1.807, 2.05) is 30.5 Å². The fourth-order valence-electron chi connectivity index (χ4n) is 2.03. The van der Waals surface area contributed by atoms with Crippen molar-refractivity contribution in [2.75, 3.05) is 5.32 Å². The van der Waals surface area contributed by atoms with Gasteiger partial charge in [-0.1, -0.05) is 11.6 Å². The molecule has 1 aromatic heterocycles. The first-order valence-electron chi connectivity index (χ1n) is 6.08. The highest BCUT2D eigenvalue weighted by molar-refractivity contribution is 14.1. The molecule has 98 valence electrons. The van der Waals surface area contributed by atoms with Gasteiger partial charge in [-0.15, -0.1) is 0 Å². The summed E-state index contributed by atoms with van der Waals surface area (Å²) >= 11 is 8.07. The zero-order valence-corrected chi connectivity index (χ0v) is 13.0. The molecular formula is C14H12ClIN2O. The van der Waals surface area contributed by atoms with Gasteiger partial charge in [0.25, 0.3) is 5.91 Å². The van der Waals surface area contributed by atoms with Gasteiger partial charge in [-0.05, 0) is 65.8 Å². The van der Waals surface area contributed by atoms with Crippen molar-refractivity contribution in [1.82, 2.24) is 4.57 Å². The second-order valence-corrected chi connectivity index (χ2v) is 6.21. The van der Waals surface area contributed by atoms with Gasteiger partial charge in [0, 0.05) is 20.8 Å². The van der Waals surface area contributed by atoms with Crippen LogP contribution in [0.25, 0.3) is 0 Å². The molecule has 3 rings (SSSR count). The second-order valence-electron chi connectivity index (χ2n) is 4.61. The summed E-state index contributed by atoms with van der Waals surface area (Å²) in [6.07, 6.45) is 4.29. The summed E-state index contributed by atoms with van der Waals surface area (Å²) < 4.78 is 2.99. The topological polar surface area (TPSA) is 34.0 Å². The maximum absolute atomic E-state index is 12.3. The first-order chi connectivity index (χ1) is 9.15. The molecule has 0 unspecified atom stereocenters. The first-order valence-corrected chi connectivity index (χ1v) is 7.54. The number of hydrogen-bond acceptors (Lipinski definition) is 1. The Balaban J connectivity index is 1.82. The fraction of sp³-hybridized carbons (Fsp3) is 0.214. The molecule has 0 atom stereocenters. The number of aromatic nitrogens is 1. The predicted octanol–water partition coefficient (Wildman–Crippen LogP) is 4.33. The number of carbonyl (C=O) groups excluding carboxylic acids is 1. The van der Waals surface area contributed by atoms with E-state index >= 15 is 0 Å². The van der Waals surface area contributed by atoms with Gasteiger partial charge in [0.2, 0.25) is 0 Å². The summed E-state index contributed by atoms with van der Waals surface area (Å²) in [4.78, 5) is 12.3. The number of nitrogens with one attached hydrogen (secondary N) is 1. The summed E-state index contributed by atoms with van der Waals surface area (Å²) in [5.74, 6) is -0.0721. The van der Waals surface area contributed by atoms with Crippen molar-refractivity contribution < 1.29 is 4.79 Å². The minimum absolute atomic E-state index is 0.0721. The summed E-state index contributed by atoms with van der Waals surface area (Å²) in [7, 11) is 0. The molecule has 3 nitrogen and oxygen atoms in total. The number of hydrogen-bond donors (Lipinski definition) is 1. The van der Waals surface area contributed by atoms with E-state index in [0.29, 0.717) is 16.8 Å². The van der Waals surface area contributed by atoms with E-state index in [9.17, 15) is 4.79 Å². The van der Waals surface area contributed by atoms with E-state index in [1.54, 1.807) is 6.07 Å². The predicted molar refractivity (Wildman–Crippen MR) is 84.8 cm³/mol. The van der Waals surface area contributed by atoms with Crippen LogP contribution in [-0.4, -0.2) is 10.5 Å². The van der Waals surface area contributed by atoms with Crippen LogP contribution in [0, 0.1) is 3.57 Å². The van der Waals surface area contributed by atoms with Crippen LogP contribution in [0.2, 0.25) is 5.02 Å². The monoisotopic (exact) mass is 386 g/mol. The van der Waals surface area contributed by atoms with Gasteiger partial charge in [0.15, 0.2) is 0 Å². The highest BCUT2D eigenvalue weighted by Gasteiger charge is 2.26. The molecule has 1 saturated carbocycles. The van der Waals surface area contributed by atoms with Crippen molar-refractivity contribution in [3.05, 3.63) is 50.8 Å². The standard InChI is InChI=1S/C14H12ClIN2O/c15-9-3-6-12(11(16)8-9)17-14(19)13-2-1-7-18(13)10-4-5-10/h1-3,6-8,10H,4-5H2,(H,17,19).